The molecule has 1 aromatic heterocycles. The summed E-state index contributed by atoms with van der Waals surface area (Å²) in [6.45, 7) is 2.95. The second kappa shape index (κ2) is 7.09. The minimum absolute atomic E-state index is 0.835. The first-order valence-electron chi connectivity index (χ1n) is 9.08. The minimum atomic E-state index is 0.835. The van der Waals surface area contributed by atoms with Gasteiger partial charge in [-0.15, -0.1) is 0 Å². The van der Waals surface area contributed by atoms with Gasteiger partial charge in [0.15, 0.2) is 0 Å². The quantitative estimate of drug-likeness (QED) is 0.715. The van der Waals surface area contributed by atoms with E-state index < -0.39 is 0 Å². The van der Waals surface area contributed by atoms with Crippen LogP contribution in [-0.4, -0.2) is 30.1 Å². The first-order valence-corrected chi connectivity index (χ1v) is 9.08. The van der Waals surface area contributed by atoms with Gasteiger partial charge >= 0.3 is 0 Å². The van der Waals surface area contributed by atoms with E-state index in [0.717, 1.165) is 42.3 Å². The van der Waals surface area contributed by atoms with Crippen molar-refractivity contribution >= 4 is 22.7 Å². The van der Waals surface area contributed by atoms with E-state index in [2.05, 4.69) is 71.4 Å². The average molecular weight is 332 g/mol. The van der Waals surface area contributed by atoms with Gasteiger partial charge in [-0.05, 0) is 37.0 Å². The minimum Gasteiger partial charge on any atom is -0.355 e. The molecule has 0 bridgehead atoms. The fourth-order valence-electron chi connectivity index (χ4n) is 3.51. The normalized spacial score (nSPS) is 14.7. The molecule has 0 saturated carbocycles. The van der Waals surface area contributed by atoms with Crippen LogP contribution in [0.4, 0.5) is 11.8 Å². The highest BCUT2D eigenvalue weighted by molar-refractivity contribution is 5.90. The van der Waals surface area contributed by atoms with Crippen molar-refractivity contribution in [1.82, 2.24) is 9.97 Å². The maximum atomic E-state index is 4.96. The van der Waals surface area contributed by atoms with E-state index >= 15 is 0 Å². The van der Waals surface area contributed by atoms with Crippen molar-refractivity contribution in [1.29, 1.82) is 0 Å². The number of aromatic nitrogens is 2. The standard InChI is InChI=1S/C21H24N4/c1-24(16-17-10-4-2-5-11-17)20-18-12-6-7-13-19(18)22-21(23-20)25-14-8-3-9-15-25/h2,4-7,10-13H,3,8-9,14-16H2,1H3. The van der Waals surface area contributed by atoms with Crippen LogP contribution in [0.25, 0.3) is 10.9 Å². The lowest BCUT2D eigenvalue weighted by molar-refractivity contribution is 0.569. The lowest BCUT2D eigenvalue weighted by Crippen LogP contribution is -2.31. The van der Waals surface area contributed by atoms with Crippen molar-refractivity contribution < 1.29 is 0 Å². The zero-order valence-electron chi connectivity index (χ0n) is 14.7. The Balaban J connectivity index is 1.72. The van der Waals surface area contributed by atoms with Crippen LogP contribution in [0, 0.1) is 0 Å². The highest BCUT2D eigenvalue weighted by atomic mass is 15.3. The molecule has 0 atom stereocenters. The molecule has 25 heavy (non-hydrogen) atoms. The second-order valence-electron chi connectivity index (χ2n) is 6.75. The number of fused-ring (bicyclic) bond motifs is 1. The number of hydrogen-bond donors (Lipinski definition) is 0. The van der Waals surface area contributed by atoms with E-state index in [1.807, 2.05) is 0 Å². The van der Waals surface area contributed by atoms with Crippen LogP contribution in [0.5, 0.6) is 0 Å². The molecule has 3 aromatic rings. The zero-order valence-corrected chi connectivity index (χ0v) is 14.7. The number of hydrogen-bond acceptors (Lipinski definition) is 4. The number of nitrogens with zero attached hydrogens (tertiary/aromatic N) is 4. The molecule has 1 aliphatic rings. The fraction of sp³-hybridized carbons (Fsp3) is 0.333. The molecule has 0 N–H and O–H groups in total. The molecule has 1 fully saturated rings. The van der Waals surface area contributed by atoms with Gasteiger partial charge in [-0.3, -0.25) is 0 Å². The molecule has 0 aliphatic carbocycles. The Labute approximate surface area is 149 Å². The number of benzene rings is 2. The lowest BCUT2D eigenvalue weighted by atomic mass is 10.1. The van der Waals surface area contributed by atoms with Crippen LogP contribution in [-0.2, 0) is 6.54 Å². The monoisotopic (exact) mass is 332 g/mol. The van der Waals surface area contributed by atoms with Crippen LogP contribution in [0.3, 0.4) is 0 Å². The van der Waals surface area contributed by atoms with Crippen LogP contribution in [0.1, 0.15) is 24.8 Å². The SMILES string of the molecule is CN(Cc1ccccc1)c1nc(N2CCCCC2)nc2ccccc12. The predicted octanol–water partition coefficient (Wildman–Crippen LogP) is 4.26. The molecule has 0 radical (unpaired) electrons. The van der Waals surface area contributed by atoms with Crippen LogP contribution in [0.15, 0.2) is 54.6 Å². The topological polar surface area (TPSA) is 32.3 Å². The van der Waals surface area contributed by atoms with Gasteiger partial charge in [0.2, 0.25) is 5.95 Å². The van der Waals surface area contributed by atoms with E-state index in [1.54, 1.807) is 0 Å². The molecule has 128 valence electrons. The predicted molar refractivity (Wildman–Crippen MR) is 104 cm³/mol. The molecular weight excluding hydrogens is 308 g/mol. The largest absolute Gasteiger partial charge is 0.355 e. The summed E-state index contributed by atoms with van der Waals surface area (Å²) in [6, 6.07) is 18.9. The second-order valence-corrected chi connectivity index (χ2v) is 6.75. The Morgan fingerprint density at radius 3 is 2.40 bits per heavy atom. The zero-order chi connectivity index (χ0) is 17.1. The lowest BCUT2D eigenvalue weighted by Gasteiger charge is -2.28. The third kappa shape index (κ3) is 3.43. The molecule has 0 unspecified atom stereocenters. The van der Waals surface area contributed by atoms with Gasteiger partial charge in [0.1, 0.15) is 5.82 Å². The summed E-state index contributed by atoms with van der Waals surface area (Å²) in [4.78, 5) is 14.4. The van der Waals surface area contributed by atoms with Crippen molar-refractivity contribution in [2.24, 2.45) is 0 Å². The summed E-state index contributed by atoms with van der Waals surface area (Å²) in [7, 11) is 2.11. The van der Waals surface area contributed by atoms with Crippen molar-refractivity contribution in [2.45, 2.75) is 25.8 Å². The van der Waals surface area contributed by atoms with Gasteiger partial charge < -0.3 is 9.80 Å². The average Bonchev–Trinajstić information content (AvgIpc) is 2.68. The van der Waals surface area contributed by atoms with Crippen molar-refractivity contribution in [3.8, 4) is 0 Å². The van der Waals surface area contributed by atoms with Gasteiger partial charge in [0, 0.05) is 32.1 Å². The molecule has 1 aliphatic heterocycles. The third-order valence-electron chi connectivity index (χ3n) is 4.83. The summed E-state index contributed by atoms with van der Waals surface area (Å²) >= 11 is 0. The van der Waals surface area contributed by atoms with Gasteiger partial charge in [-0.2, -0.15) is 4.98 Å². The summed E-state index contributed by atoms with van der Waals surface area (Å²) < 4.78 is 0. The number of piperidine rings is 1. The van der Waals surface area contributed by atoms with Crippen molar-refractivity contribution in [2.75, 3.05) is 29.9 Å². The molecule has 4 rings (SSSR count). The summed E-state index contributed by atoms with van der Waals surface area (Å²) in [5, 5.41) is 1.11. The van der Waals surface area contributed by atoms with Gasteiger partial charge in [0.05, 0.1) is 5.52 Å². The smallest absolute Gasteiger partial charge is 0.227 e. The molecule has 1 saturated heterocycles. The molecular formula is C21H24N4. The van der Waals surface area contributed by atoms with Crippen LogP contribution in [0.2, 0.25) is 0 Å². The van der Waals surface area contributed by atoms with E-state index in [-0.39, 0.29) is 0 Å². The Morgan fingerprint density at radius 1 is 0.880 bits per heavy atom. The first-order chi connectivity index (χ1) is 12.3. The third-order valence-corrected chi connectivity index (χ3v) is 4.83. The Hall–Kier alpha value is -2.62. The van der Waals surface area contributed by atoms with E-state index in [9.17, 15) is 0 Å². The van der Waals surface area contributed by atoms with Crippen LogP contribution >= 0.6 is 0 Å². The number of rotatable bonds is 4. The number of anilines is 2. The molecule has 0 spiro atoms. The van der Waals surface area contributed by atoms with Gasteiger partial charge in [-0.25, -0.2) is 4.98 Å². The molecule has 2 aromatic carbocycles. The summed E-state index contributed by atoms with van der Waals surface area (Å²) in [6.07, 6.45) is 3.77. The Bertz CT molecular complexity index is 841. The summed E-state index contributed by atoms with van der Waals surface area (Å²) in [5.74, 6) is 1.88. The summed E-state index contributed by atoms with van der Waals surface area (Å²) in [5.41, 5.74) is 2.31. The van der Waals surface area contributed by atoms with E-state index in [1.165, 1.54) is 24.8 Å². The Morgan fingerprint density at radius 2 is 1.60 bits per heavy atom. The van der Waals surface area contributed by atoms with Gasteiger partial charge in [0.25, 0.3) is 0 Å². The molecule has 0 amide bonds. The van der Waals surface area contributed by atoms with Crippen molar-refractivity contribution in [3.63, 3.8) is 0 Å². The number of para-hydroxylation sites is 1. The van der Waals surface area contributed by atoms with Gasteiger partial charge in [-0.1, -0.05) is 42.5 Å². The van der Waals surface area contributed by atoms with E-state index in [4.69, 9.17) is 9.97 Å². The molecule has 4 nitrogen and oxygen atoms in total. The highest BCUT2D eigenvalue weighted by Gasteiger charge is 2.17. The highest BCUT2D eigenvalue weighted by Crippen LogP contribution is 2.28. The maximum absolute atomic E-state index is 4.96. The molecule has 2 heterocycles. The van der Waals surface area contributed by atoms with Crippen LogP contribution < -0.4 is 9.80 Å². The fourth-order valence-corrected chi connectivity index (χ4v) is 3.51. The first kappa shape index (κ1) is 15.9. The van der Waals surface area contributed by atoms with E-state index in [0.29, 0.717) is 0 Å². The van der Waals surface area contributed by atoms with Crippen molar-refractivity contribution in [3.05, 3.63) is 60.2 Å². The molecule has 4 heteroatoms. The Kier molecular flexibility index (Phi) is 4.51. The maximum Gasteiger partial charge on any atom is 0.227 e.